The molecular weight excluding hydrogens is 424 g/mol. The van der Waals surface area contributed by atoms with Crippen LogP contribution in [0.1, 0.15) is 57.4 Å². The van der Waals surface area contributed by atoms with Crippen LogP contribution in [0.2, 0.25) is 0 Å². The minimum atomic E-state index is -0.453. The number of benzene rings is 1. The highest BCUT2D eigenvalue weighted by Gasteiger charge is 2.29. The quantitative estimate of drug-likeness (QED) is 0.576. The van der Waals surface area contributed by atoms with E-state index in [0.29, 0.717) is 47.3 Å². The third kappa shape index (κ3) is 3.24. The third-order valence-corrected chi connectivity index (χ3v) is 4.82. The molecule has 2 aromatic rings. The number of aromatic nitrogens is 1. The van der Waals surface area contributed by atoms with Crippen LogP contribution in [0.15, 0.2) is 18.2 Å². The van der Waals surface area contributed by atoms with E-state index in [1.807, 2.05) is 28.7 Å². The highest BCUT2D eigenvalue weighted by atomic mass is 127. The smallest absolute Gasteiger partial charge is 0.340 e. The Morgan fingerprint density at radius 3 is 2.88 bits per heavy atom. The van der Waals surface area contributed by atoms with Gasteiger partial charge in [-0.25, -0.2) is 9.18 Å². The maximum absolute atomic E-state index is 14.2. The summed E-state index contributed by atoms with van der Waals surface area (Å²) in [6.45, 7) is 1.99. The zero-order valence-electron chi connectivity index (χ0n) is 13.2. The fourth-order valence-electron chi connectivity index (χ4n) is 3.07. The van der Waals surface area contributed by atoms with Gasteiger partial charge in [0, 0.05) is 22.1 Å². The summed E-state index contributed by atoms with van der Waals surface area (Å²) in [5.74, 6) is -0.780. The molecule has 0 amide bonds. The maximum atomic E-state index is 14.2. The van der Waals surface area contributed by atoms with Crippen molar-refractivity contribution in [3.8, 4) is 0 Å². The summed E-state index contributed by atoms with van der Waals surface area (Å²) in [4.78, 5) is 27.6. The van der Waals surface area contributed by atoms with Gasteiger partial charge in [-0.3, -0.25) is 4.79 Å². The largest absolute Gasteiger partial charge is 0.462 e. The Balaban J connectivity index is 2.06. The molecule has 4 nitrogen and oxygen atoms in total. The van der Waals surface area contributed by atoms with E-state index in [1.54, 1.807) is 13.0 Å². The molecule has 0 saturated heterocycles. The highest BCUT2D eigenvalue weighted by molar-refractivity contribution is 14.1. The van der Waals surface area contributed by atoms with Gasteiger partial charge in [0.25, 0.3) is 0 Å². The summed E-state index contributed by atoms with van der Waals surface area (Å²) < 4.78 is 20.1. The second-order valence-corrected chi connectivity index (χ2v) is 6.99. The molecule has 0 radical (unpaired) electrons. The van der Waals surface area contributed by atoms with Crippen LogP contribution in [0.3, 0.4) is 0 Å². The van der Waals surface area contributed by atoms with Gasteiger partial charge in [0.1, 0.15) is 5.82 Å². The van der Waals surface area contributed by atoms with Crippen molar-refractivity contribution >= 4 is 34.3 Å². The van der Waals surface area contributed by atoms with E-state index in [-0.39, 0.29) is 24.6 Å². The van der Waals surface area contributed by atoms with Crippen LogP contribution in [-0.2, 0) is 17.6 Å². The SMILES string of the molecule is CCOC(=O)c1c(Cc2ccc(I)cc2F)[nH]c2c1CCCC2=O. The molecule has 0 aliphatic heterocycles. The van der Waals surface area contributed by atoms with Gasteiger partial charge >= 0.3 is 5.97 Å². The number of rotatable bonds is 4. The Morgan fingerprint density at radius 1 is 1.38 bits per heavy atom. The number of H-pyrrole nitrogens is 1. The van der Waals surface area contributed by atoms with Crippen molar-refractivity contribution in [3.63, 3.8) is 0 Å². The lowest BCUT2D eigenvalue weighted by atomic mass is 9.93. The van der Waals surface area contributed by atoms with Gasteiger partial charge < -0.3 is 9.72 Å². The Labute approximate surface area is 152 Å². The number of ether oxygens (including phenoxy) is 1. The highest BCUT2D eigenvalue weighted by Crippen LogP contribution is 2.29. The van der Waals surface area contributed by atoms with Crippen molar-refractivity contribution in [1.29, 1.82) is 0 Å². The van der Waals surface area contributed by atoms with E-state index >= 15 is 0 Å². The zero-order chi connectivity index (χ0) is 17.3. The molecule has 126 valence electrons. The average Bonchev–Trinajstić information content (AvgIpc) is 2.90. The number of Topliss-reactive ketones (excluding diaryl/α,β-unsaturated/α-hetero) is 1. The van der Waals surface area contributed by atoms with Crippen molar-refractivity contribution in [2.45, 2.75) is 32.6 Å². The number of aromatic amines is 1. The van der Waals surface area contributed by atoms with Crippen LogP contribution in [0, 0.1) is 9.39 Å². The van der Waals surface area contributed by atoms with Gasteiger partial charge in [-0.15, -0.1) is 0 Å². The Morgan fingerprint density at radius 2 is 2.17 bits per heavy atom. The fraction of sp³-hybridized carbons (Fsp3) is 0.333. The van der Waals surface area contributed by atoms with Crippen molar-refractivity contribution in [2.75, 3.05) is 6.61 Å². The Hall–Kier alpha value is -1.70. The van der Waals surface area contributed by atoms with Gasteiger partial charge in [-0.05, 0) is 65.6 Å². The summed E-state index contributed by atoms with van der Waals surface area (Å²) in [7, 11) is 0. The summed E-state index contributed by atoms with van der Waals surface area (Å²) in [6.07, 6.45) is 2.05. The molecule has 1 aromatic carbocycles. The summed E-state index contributed by atoms with van der Waals surface area (Å²) >= 11 is 2.05. The van der Waals surface area contributed by atoms with Gasteiger partial charge in [-0.1, -0.05) is 6.07 Å². The standard InChI is InChI=1S/C18H17FINO3/c1-2-24-18(23)16-12-4-3-5-15(22)17(12)21-14(16)8-10-6-7-11(20)9-13(10)19/h6-7,9,21H,2-5,8H2,1H3. The molecule has 1 aliphatic rings. The first kappa shape index (κ1) is 17.1. The van der Waals surface area contributed by atoms with E-state index in [1.165, 1.54) is 6.07 Å². The molecule has 0 atom stereocenters. The lowest BCUT2D eigenvalue weighted by Gasteiger charge is -2.11. The lowest BCUT2D eigenvalue weighted by Crippen LogP contribution is -2.14. The predicted octanol–water partition coefficient (Wildman–Crippen LogP) is 4.04. The molecule has 6 heteroatoms. The Kier molecular flexibility index (Phi) is 5.03. The summed E-state index contributed by atoms with van der Waals surface area (Å²) in [5, 5.41) is 0. The summed E-state index contributed by atoms with van der Waals surface area (Å²) in [5.41, 5.74) is 2.62. The molecular formula is C18H17FINO3. The first-order chi connectivity index (χ1) is 11.5. The van der Waals surface area contributed by atoms with Crippen LogP contribution in [0.5, 0.6) is 0 Å². The van der Waals surface area contributed by atoms with Crippen molar-refractivity contribution in [1.82, 2.24) is 4.98 Å². The van der Waals surface area contributed by atoms with E-state index in [4.69, 9.17) is 4.74 Å². The topological polar surface area (TPSA) is 59.2 Å². The Bertz CT molecular complexity index is 813. The van der Waals surface area contributed by atoms with E-state index in [0.717, 1.165) is 3.57 Å². The number of nitrogens with one attached hydrogen (secondary N) is 1. The third-order valence-electron chi connectivity index (χ3n) is 4.15. The first-order valence-electron chi connectivity index (χ1n) is 7.89. The minimum absolute atomic E-state index is 0.00358. The number of esters is 1. The number of carbonyl (C=O) groups is 2. The number of hydrogen-bond donors (Lipinski definition) is 1. The molecule has 1 aliphatic carbocycles. The molecule has 1 heterocycles. The van der Waals surface area contributed by atoms with Crippen LogP contribution in [0.4, 0.5) is 4.39 Å². The molecule has 1 N–H and O–H groups in total. The van der Waals surface area contributed by atoms with Crippen molar-refractivity contribution < 1.29 is 18.7 Å². The second-order valence-electron chi connectivity index (χ2n) is 5.74. The average molecular weight is 441 g/mol. The molecule has 0 unspecified atom stereocenters. The molecule has 3 rings (SSSR count). The number of ketones is 1. The monoisotopic (exact) mass is 441 g/mol. The van der Waals surface area contributed by atoms with Crippen LogP contribution < -0.4 is 0 Å². The van der Waals surface area contributed by atoms with Crippen LogP contribution >= 0.6 is 22.6 Å². The van der Waals surface area contributed by atoms with Crippen LogP contribution in [-0.4, -0.2) is 23.3 Å². The molecule has 0 bridgehead atoms. The number of halogens is 2. The molecule has 0 fully saturated rings. The van der Waals surface area contributed by atoms with Gasteiger partial charge in [0.05, 0.1) is 17.9 Å². The van der Waals surface area contributed by atoms with Gasteiger partial charge in [0.2, 0.25) is 0 Å². The van der Waals surface area contributed by atoms with E-state index in [2.05, 4.69) is 4.98 Å². The maximum Gasteiger partial charge on any atom is 0.340 e. The summed E-state index contributed by atoms with van der Waals surface area (Å²) in [6, 6.07) is 4.97. The van der Waals surface area contributed by atoms with Crippen LogP contribution in [0.25, 0.3) is 0 Å². The number of fused-ring (bicyclic) bond motifs is 1. The zero-order valence-corrected chi connectivity index (χ0v) is 15.4. The van der Waals surface area contributed by atoms with Gasteiger partial charge in [0.15, 0.2) is 5.78 Å². The van der Waals surface area contributed by atoms with Gasteiger partial charge in [-0.2, -0.15) is 0 Å². The first-order valence-corrected chi connectivity index (χ1v) is 8.97. The minimum Gasteiger partial charge on any atom is -0.462 e. The number of hydrogen-bond acceptors (Lipinski definition) is 3. The van der Waals surface area contributed by atoms with E-state index in [9.17, 15) is 14.0 Å². The lowest BCUT2D eigenvalue weighted by molar-refractivity contribution is 0.0524. The van der Waals surface area contributed by atoms with E-state index < -0.39 is 5.97 Å². The van der Waals surface area contributed by atoms with Crippen molar-refractivity contribution in [3.05, 3.63) is 55.7 Å². The number of carbonyl (C=O) groups excluding carboxylic acids is 2. The van der Waals surface area contributed by atoms with Crippen molar-refractivity contribution in [2.24, 2.45) is 0 Å². The molecule has 24 heavy (non-hydrogen) atoms. The normalized spacial score (nSPS) is 13.7. The molecule has 1 aromatic heterocycles. The second kappa shape index (κ2) is 7.04. The molecule has 0 spiro atoms. The fourth-order valence-corrected chi connectivity index (χ4v) is 3.53. The predicted molar refractivity (Wildman–Crippen MR) is 95.9 cm³/mol. The molecule has 0 saturated carbocycles.